The predicted octanol–water partition coefficient (Wildman–Crippen LogP) is 4.52. The fraction of sp³-hybridized carbons (Fsp3) is 0.469. The zero-order chi connectivity index (χ0) is 30.8. The lowest BCUT2D eigenvalue weighted by molar-refractivity contribution is -0.146. The van der Waals surface area contributed by atoms with Crippen molar-refractivity contribution < 1.29 is 33.8 Å². The number of anilines is 1. The summed E-state index contributed by atoms with van der Waals surface area (Å²) in [6.45, 7) is 1.92. The molecule has 2 heterocycles. The van der Waals surface area contributed by atoms with Crippen molar-refractivity contribution in [3.63, 3.8) is 0 Å². The molecule has 3 amide bonds. The van der Waals surface area contributed by atoms with Crippen molar-refractivity contribution in [2.45, 2.75) is 75.3 Å². The van der Waals surface area contributed by atoms with E-state index in [0.29, 0.717) is 35.5 Å². The van der Waals surface area contributed by atoms with Crippen molar-refractivity contribution in [3.05, 3.63) is 59.7 Å². The van der Waals surface area contributed by atoms with Gasteiger partial charge >= 0.3 is 11.9 Å². The molecule has 2 N–H and O–H groups in total. The number of hydrogen-bond donors (Lipinski definition) is 2. The van der Waals surface area contributed by atoms with Gasteiger partial charge in [0, 0.05) is 17.2 Å². The first kappa shape index (κ1) is 32.2. The van der Waals surface area contributed by atoms with Gasteiger partial charge in [-0.2, -0.15) is 0 Å². The summed E-state index contributed by atoms with van der Waals surface area (Å²) in [4.78, 5) is 66.2. The molecule has 0 aromatic heterocycles. The molecule has 2 aliphatic rings. The molecule has 0 fully saturated rings. The number of benzene rings is 2. The van der Waals surface area contributed by atoms with Gasteiger partial charge in [0.1, 0.15) is 12.6 Å². The Morgan fingerprint density at radius 1 is 0.907 bits per heavy atom. The molecule has 11 heteroatoms. The Morgan fingerprint density at radius 3 is 2.16 bits per heavy atom. The Balaban J connectivity index is 1.20. The first-order valence-electron chi connectivity index (χ1n) is 14.9. The number of thioether (sulfide) groups is 1. The van der Waals surface area contributed by atoms with E-state index >= 15 is 0 Å². The second-order valence-corrected chi connectivity index (χ2v) is 11.8. The minimum atomic E-state index is -1.11. The maximum absolute atomic E-state index is 13.4. The second-order valence-electron chi connectivity index (χ2n) is 10.7. The molecule has 0 radical (unpaired) electrons. The smallest absolute Gasteiger partial charge is 0.323 e. The third-order valence-electron chi connectivity index (χ3n) is 7.65. The van der Waals surface area contributed by atoms with Crippen molar-refractivity contribution in [3.8, 4) is 0 Å². The normalized spacial score (nSPS) is 17.0. The number of amides is 3. The van der Waals surface area contributed by atoms with Gasteiger partial charge in [-0.05, 0) is 44.0 Å². The Labute approximate surface area is 256 Å². The number of rotatable bonds is 16. The van der Waals surface area contributed by atoms with Gasteiger partial charge in [0.25, 0.3) is 11.8 Å². The molecule has 0 saturated heterocycles. The van der Waals surface area contributed by atoms with Crippen LogP contribution in [-0.2, 0) is 19.1 Å². The summed E-state index contributed by atoms with van der Waals surface area (Å²) in [5.74, 6) is -1.97. The van der Waals surface area contributed by atoms with Gasteiger partial charge in [0.2, 0.25) is 5.91 Å². The molecular formula is C32H39N3O7S. The highest BCUT2D eigenvalue weighted by atomic mass is 32.2. The van der Waals surface area contributed by atoms with Crippen LogP contribution in [0.4, 0.5) is 5.69 Å². The van der Waals surface area contributed by atoms with Crippen molar-refractivity contribution in [1.29, 1.82) is 0 Å². The summed E-state index contributed by atoms with van der Waals surface area (Å²) >= 11 is 1.46. The molecule has 0 spiro atoms. The molecule has 230 valence electrons. The van der Waals surface area contributed by atoms with Crippen LogP contribution in [-0.4, -0.2) is 77.2 Å². The van der Waals surface area contributed by atoms with E-state index in [0.717, 1.165) is 49.8 Å². The number of aliphatic carboxylic acids is 1. The third kappa shape index (κ3) is 8.23. The number of ether oxygens (including phenoxy) is 1. The zero-order valence-corrected chi connectivity index (χ0v) is 25.3. The molecule has 2 aromatic rings. The lowest BCUT2D eigenvalue weighted by Gasteiger charge is -2.27. The van der Waals surface area contributed by atoms with E-state index in [-0.39, 0.29) is 24.3 Å². The summed E-state index contributed by atoms with van der Waals surface area (Å²) in [6.07, 6.45) is 6.80. The number of nitrogens with one attached hydrogen (secondary N) is 1. The number of esters is 1. The highest BCUT2D eigenvalue weighted by molar-refractivity contribution is 7.99. The molecule has 0 bridgehead atoms. The van der Waals surface area contributed by atoms with Crippen LogP contribution in [0.5, 0.6) is 0 Å². The zero-order valence-electron chi connectivity index (χ0n) is 24.5. The maximum Gasteiger partial charge on any atom is 0.323 e. The molecule has 0 saturated carbocycles. The van der Waals surface area contributed by atoms with Crippen LogP contribution in [0.15, 0.2) is 53.4 Å². The van der Waals surface area contributed by atoms with Gasteiger partial charge in [0.05, 0.1) is 29.5 Å². The van der Waals surface area contributed by atoms with Gasteiger partial charge < -0.3 is 9.84 Å². The second kappa shape index (κ2) is 15.7. The van der Waals surface area contributed by atoms with Crippen molar-refractivity contribution in [2.75, 3.05) is 30.3 Å². The number of carboxylic acid groups (broad SMARTS) is 1. The minimum Gasteiger partial charge on any atom is -0.480 e. The fourth-order valence-corrected chi connectivity index (χ4v) is 6.56. The minimum absolute atomic E-state index is 0.214. The monoisotopic (exact) mass is 609 g/mol. The average molecular weight is 610 g/mol. The third-order valence-corrected chi connectivity index (χ3v) is 8.80. The van der Waals surface area contributed by atoms with Crippen LogP contribution in [0.1, 0.15) is 79.0 Å². The maximum atomic E-state index is 13.4. The number of carboxylic acids is 1. The topological polar surface area (TPSA) is 133 Å². The molecular weight excluding hydrogens is 570 g/mol. The molecule has 4 rings (SSSR count). The summed E-state index contributed by atoms with van der Waals surface area (Å²) in [5, 5.41) is 12.6. The van der Waals surface area contributed by atoms with E-state index in [1.54, 1.807) is 43.3 Å². The highest BCUT2D eigenvalue weighted by Gasteiger charge is 2.36. The predicted molar refractivity (Wildman–Crippen MR) is 163 cm³/mol. The number of carbonyl (C=O) groups is 5. The average Bonchev–Trinajstić information content (AvgIpc) is 3.16. The number of carbonyl (C=O) groups excluding carboxylic acids is 4. The van der Waals surface area contributed by atoms with Crippen molar-refractivity contribution in [1.82, 2.24) is 10.2 Å². The van der Waals surface area contributed by atoms with Crippen LogP contribution in [0.3, 0.4) is 0 Å². The Morgan fingerprint density at radius 2 is 1.51 bits per heavy atom. The lowest BCUT2D eigenvalue weighted by atomic mass is 10.0. The van der Waals surface area contributed by atoms with E-state index in [9.17, 15) is 29.1 Å². The number of unbranched alkanes of at least 4 members (excludes halogenated alkanes) is 6. The van der Waals surface area contributed by atoms with Crippen LogP contribution in [0.2, 0.25) is 0 Å². The summed E-state index contributed by atoms with van der Waals surface area (Å²) < 4.78 is 5.29. The lowest BCUT2D eigenvalue weighted by Crippen LogP contribution is -2.54. The van der Waals surface area contributed by atoms with E-state index in [2.05, 4.69) is 5.32 Å². The Bertz CT molecular complexity index is 1300. The standard InChI is InChI=1S/C32H39N3O7S/c1-2-42-32(41)24(33-25-21-43-27-18-12-11-17-26(27)35(31(25)40)20-28(36)37)16-8-6-4-3-5-7-13-19-34-29(38)22-14-9-10-15-23(22)30(34)39/h9-12,14-15,17-18,24-25,33H,2-8,13,16,19-21H2,1H3,(H,36,37)/t24-,25?/m1/s1. The molecule has 1 unspecified atom stereocenters. The van der Waals surface area contributed by atoms with Crippen LogP contribution in [0.25, 0.3) is 0 Å². The van der Waals surface area contributed by atoms with Gasteiger partial charge in [-0.3, -0.25) is 39.1 Å². The molecule has 2 aliphatic heterocycles. The first-order chi connectivity index (χ1) is 20.8. The number of nitrogens with zero attached hydrogens (tertiary/aromatic N) is 2. The summed E-state index contributed by atoms with van der Waals surface area (Å²) in [7, 11) is 0. The number of para-hydroxylation sites is 1. The molecule has 2 atom stereocenters. The Kier molecular flexibility index (Phi) is 11.7. The number of imide groups is 1. The number of hydrogen-bond acceptors (Lipinski definition) is 8. The van der Waals surface area contributed by atoms with Crippen LogP contribution >= 0.6 is 11.8 Å². The largest absolute Gasteiger partial charge is 0.480 e. The summed E-state index contributed by atoms with van der Waals surface area (Å²) in [6, 6.07) is 12.7. The van der Waals surface area contributed by atoms with Crippen molar-refractivity contribution in [2.24, 2.45) is 0 Å². The van der Waals surface area contributed by atoms with Crippen LogP contribution < -0.4 is 10.2 Å². The fourth-order valence-electron chi connectivity index (χ4n) is 5.47. The van der Waals surface area contributed by atoms with E-state index in [4.69, 9.17) is 4.74 Å². The quantitative estimate of drug-likeness (QED) is 0.160. The van der Waals surface area contributed by atoms with Crippen LogP contribution in [0, 0.1) is 0 Å². The SMILES string of the molecule is CCOC(=O)[C@@H](CCCCCCCCCN1C(=O)c2ccccc2C1=O)NC1CSc2ccccc2N(CC(=O)O)C1=O. The van der Waals surface area contributed by atoms with E-state index in [1.807, 2.05) is 12.1 Å². The molecule has 0 aliphatic carbocycles. The highest BCUT2D eigenvalue weighted by Crippen LogP contribution is 2.34. The molecule has 2 aromatic carbocycles. The van der Waals surface area contributed by atoms with Gasteiger partial charge in [0.15, 0.2) is 0 Å². The first-order valence-corrected chi connectivity index (χ1v) is 15.9. The van der Waals surface area contributed by atoms with E-state index < -0.39 is 30.6 Å². The van der Waals surface area contributed by atoms with Gasteiger partial charge in [-0.25, -0.2) is 0 Å². The van der Waals surface area contributed by atoms with Crippen molar-refractivity contribution >= 4 is 47.1 Å². The van der Waals surface area contributed by atoms with Gasteiger partial charge in [-0.1, -0.05) is 62.8 Å². The Hall–Kier alpha value is -3.70. The molecule has 43 heavy (non-hydrogen) atoms. The molecule has 10 nitrogen and oxygen atoms in total. The number of fused-ring (bicyclic) bond motifs is 2. The summed E-state index contributed by atoms with van der Waals surface area (Å²) in [5.41, 5.74) is 1.52. The van der Waals surface area contributed by atoms with Gasteiger partial charge in [-0.15, -0.1) is 11.8 Å². The van der Waals surface area contributed by atoms with E-state index in [1.165, 1.54) is 21.6 Å².